The summed E-state index contributed by atoms with van der Waals surface area (Å²) in [7, 11) is 0. The summed E-state index contributed by atoms with van der Waals surface area (Å²) < 4.78 is 13.8. The second-order valence-corrected chi connectivity index (χ2v) is 5.97. The number of hydrogen-bond donors (Lipinski definition) is 2. The third-order valence-corrected chi connectivity index (χ3v) is 4.84. The molecule has 21 heavy (non-hydrogen) atoms. The normalized spacial score (nSPS) is 21.2. The fourth-order valence-electron chi connectivity index (χ4n) is 2.59. The number of hydrogen-bond acceptors (Lipinski definition) is 5. The number of nitro groups is 1. The van der Waals surface area contributed by atoms with E-state index in [0.717, 1.165) is 31.4 Å². The lowest BCUT2D eigenvalue weighted by Crippen LogP contribution is -2.39. The first-order valence-corrected chi connectivity index (χ1v) is 7.80. The van der Waals surface area contributed by atoms with Crippen LogP contribution in [0.1, 0.15) is 29.6 Å². The molecule has 1 fully saturated rings. The fourth-order valence-corrected chi connectivity index (χ4v) is 3.52. The molecule has 0 aromatic heterocycles. The van der Waals surface area contributed by atoms with Crippen LogP contribution < -0.4 is 11.1 Å². The first-order chi connectivity index (χ1) is 9.95. The maximum absolute atomic E-state index is 13.8. The van der Waals surface area contributed by atoms with Crippen molar-refractivity contribution in [1.82, 2.24) is 5.32 Å². The van der Waals surface area contributed by atoms with Gasteiger partial charge in [0.25, 0.3) is 11.6 Å². The Hall–Kier alpha value is -1.83. The van der Waals surface area contributed by atoms with Gasteiger partial charge < -0.3 is 11.1 Å². The summed E-state index contributed by atoms with van der Waals surface area (Å²) >= 11 is 1.65. The Morgan fingerprint density at radius 3 is 2.86 bits per heavy atom. The minimum atomic E-state index is -0.853. The van der Waals surface area contributed by atoms with Crippen molar-refractivity contribution in [3.8, 4) is 0 Å². The molecule has 0 heterocycles. The zero-order chi connectivity index (χ0) is 15.6. The smallest absolute Gasteiger partial charge is 0.293 e. The molecular formula is C13H16FN3O3S. The van der Waals surface area contributed by atoms with E-state index in [4.69, 9.17) is 5.73 Å². The highest BCUT2D eigenvalue weighted by Crippen LogP contribution is 2.30. The summed E-state index contributed by atoms with van der Waals surface area (Å²) in [4.78, 5) is 22.3. The van der Waals surface area contributed by atoms with Crippen LogP contribution in [-0.4, -0.2) is 28.4 Å². The average Bonchev–Trinajstić information content (AvgIpc) is 2.85. The predicted molar refractivity (Wildman–Crippen MR) is 79.9 cm³/mol. The zero-order valence-corrected chi connectivity index (χ0v) is 12.3. The van der Waals surface area contributed by atoms with Gasteiger partial charge in [-0.1, -0.05) is 6.42 Å². The first-order valence-electron chi connectivity index (χ1n) is 6.51. The van der Waals surface area contributed by atoms with Crippen LogP contribution in [0.15, 0.2) is 12.1 Å². The van der Waals surface area contributed by atoms with Crippen LogP contribution in [0.25, 0.3) is 0 Å². The summed E-state index contributed by atoms with van der Waals surface area (Å²) in [5, 5.41) is 13.8. The number of nitrogens with two attached hydrogens (primary N) is 1. The van der Waals surface area contributed by atoms with Crippen LogP contribution in [0.5, 0.6) is 0 Å². The standard InChI is InChI=1S/C13H16FN3O3S/c1-21-10-4-2-3-8(10)16-13(18)11-7(14)5-6-9(12(11)15)17(19)20/h5-6,8,10H,2-4,15H2,1H3,(H,16,18). The van der Waals surface area contributed by atoms with Crippen molar-refractivity contribution in [2.24, 2.45) is 0 Å². The van der Waals surface area contributed by atoms with Gasteiger partial charge in [-0.3, -0.25) is 14.9 Å². The Bertz CT molecular complexity index is 582. The van der Waals surface area contributed by atoms with E-state index in [2.05, 4.69) is 5.32 Å². The van der Waals surface area contributed by atoms with Gasteiger partial charge in [-0.2, -0.15) is 11.8 Å². The summed E-state index contributed by atoms with van der Waals surface area (Å²) in [6.07, 6.45) is 4.74. The minimum Gasteiger partial charge on any atom is -0.392 e. The van der Waals surface area contributed by atoms with Crippen molar-refractivity contribution < 1.29 is 14.1 Å². The van der Waals surface area contributed by atoms with E-state index in [1.165, 1.54) is 0 Å². The van der Waals surface area contributed by atoms with Gasteiger partial charge in [-0.25, -0.2) is 4.39 Å². The SMILES string of the molecule is CSC1CCCC1NC(=O)c1c(F)ccc([N+](=O)[O-])c1N. The van der Waals surface area contributed by atoms with Crippen LogP contribution >= 0.6 is 11.8 Å². The van der Waals surface area contributed by atoms with Gasteiger partial charge in [0.2, 0.25) is 0 Å². The Morgan fingerprint density at radius 1 is 1.52 bits per heavy atom. The number of carbonyl (C=O) groups excluding carboxylic acids is 1. The molecule has 2 unspecified atom stereocenters. The van der Waals surface area contributed by atoms with Gasteiger partial charge in [-0.15, -0.1) is 0 Å². The molecule has 1 aliphatic carbocycles. The summed E-state index contributed by atoms with van der Waals surface area (Å²) in [6.45, 7) is 0. The molecule has 0 radical (unpaired) electrons. The largest absolute Gasteiger partial charge is 0.392 e. The molecule has 1 aromatic rings. The van der Waals surface area contributed by atoms with Gasteiger partial charge in [0, 0.05) is 17.4 Å². The molecule has 0 aliphatic heterocycles. The number of rotatable bonds is 4. The highest BCUT2D eigenvalue weighted by molar-refractivity contribution is 7.99. The summed E-state index contributed by atoms with van der Waals surface area (Å²) in [5.41, 5.74) is 4.23. The van der Waals surface area contributed by atoms with Crippen molar-refractivity contribution in [3.05, 3.63) is 33.6 Å². The maximum atomic E-state index is 13.8. The molecule has 0 spiro atoms. The van der Waals surface area contributed by atoms with Crippen LogP contribution in [0.3, 0.4) is 0 Å². The quantitative estimate of drug-likeness (QED) is 0.505. The minimum absolute atomic E-state index is 0.0643. The Kier molecular flexibility index (Phi) is 4.66. The van der Waals surface area contributed by atoms with E-state index in [-0.39, 0.29) is 11.3 Å². The highest BCUT2D eigenvalue weighted by atomic mass is 32.2. The van der Waals surface area contributed by atoms with Gasteiger partial charge in [0.1, 0.15) is 17.1 Å². The number of carbonyl (C=O) groups is 1. The van der Waals surface area contributed by atoms with Crippen molar-refractivity contribution >= 4 is 29.0 Å². The van der Waals surface area contributed by atoms with E-state index in [0.29, 0.717) is 0 Å². The van der Waals surface area contributed by atoms with Crippen molar-refractivity contribution in [1.29, 1.82) is 0 Å². The van der Waals surface area contributed by atoms with Gasteiger partial charge in [0.15, 0.2) is 0 Å². The molecule has 2 atom stereocenters. The molecule has 8 heteroatoms. The number of nitrogens with zero attached hydrogens (tertiary/aromatic N) is 1. The lowest BCUT2D eigenvalue weighted by atomic mass is 10.1. The topological polar surface area (TPSA) is 98.3 Å². The van der Waals surface area contributed by atoms with E-state index in [1.807, 2.05) is 6.26 Å². The molecule has 6 nitrogen and oxygen atoms in total. The number of anilines is 1. The summed E-state index contributed by atoms with van der Waals surface area (Å²) in [5.74, 6) is -1.55. The monoisotopic (exact) mass is 313 g/mol. The second kappa shape index (κ2) is 6.30. The third-order valence-electron chi connectivity index (χ3n) is 3.67. The fraction of sp³-hybridized carbons (Fsp3) is 0.462. The van der Waals surface area contributed by atoms with Crippen molar-refractivity contribution in [2.45, 2.75) is 30.6 Å². The summed E-state index contributed by atoms with van der Waals surface area (Å²) in [6, 6.07) is 1.79. The number of benzene rings is 1. The lowest BCUT2D eigenvalue weighted by molar-refractivity contribution is -0.384. The zero-order valence-electron chi connectivity index (χ0n) is 11.5. The lowest BCUT2D eigenvalue weighted by Gasteiger charge is -2.19. The average molecular weight is 313 g/mol. The van der Waals surface area contributed by atoms with Crippen molar-refractivity contribution in [2.75, 3.05) is 12.0 Å². The number of halogens is 1. The highest BCUT2D eigenvalue weighted by Gasteiger charge is 2.30. The second-order valence-electron chi connectivity index (χ2n) is 4.90. The number of thioether (sulfide) groups is 1. The Labute approximate surface area is 125 Å². The van der Waals surface area contributed by atoms with E-state index in [9.17, 15) is 19.3 Å². The molecular weight excluding hydrogens is 297 g/mol. The van der Waals surface area contributed by atoms with Crippen LogP contribution in [0, 0.1) is 15.9 Å². The molecule has 0 saturated heterocycles. The molecule has 1 aliphatic rings. The predicted octanol–water partition coefficient (Wildman–Crippen LogP) is 2.33. The van der Waals surface area contributed by atoms with E-state index >= 15 is 0 Å². The van der Waals surface area contributed by atoms with E-state index in [1.54, 1.807) is 11.8 Å². The molecule has 1 amide bonds. The van der Waals surface area contributed by atoms with Crippen LogP contribution in [0.2, 0.25) is 0 Å². The molecule has 2 rings (SSSR count). The van der Waals surface area contributed by atoms with Crippen LogP contribution in [0.4, 0.5) is 15.8 Å². The Balaban J connectivity index is 2.27. The molecule has 1 saturated carbocycles. The number of nitro benzene ring substituents is 1. The number of amides is 1. The number of nitrogen functional groups attached to an aromatic ring is 1. The molecule has 1 aromatic carbocycles. The van der Waals surface area contributed by atoms with E-state index < -0.39 is 33.6 Å². The van der Waals surface area contributed by atoms with Gasteiger partial charge in [-0.05, 0) is 25.2 Å². The molecule has 0 bridgehead atoms. The molecule has 114 valence electrons. The van der Waals surface area contributed by atoms with Crippen molar-refractivity contribution in [3.63, 3.8) is 0 Å². The van der Waals surface area contributed by atoms with Gasteiger partial charge >= 0.3 is 0 Å². The first kappa shape index (κ1) is 15.6. The maximum Gasteiger partial charge on any atom is 0.293 e. The number of nitrogens with one attached hydrogen (secondary N) is 1. The van der Waals surface area contributed by atoms with Gasteiger partial charge in [0.05, 0.1) is 4.92 Å². The molecule has 3 N–H and O–H groups in total. The third kappa shape index (κ3) is 3.10. The van der Waals surface area contributed by atoms with Crippen LogP contribution in [-0.2, 0) is 0 Å². The Morgan fingerprint density at radius 2 is 2.24 bits per heavy atom.